The summed E-state index contributed by atoms with van der Waals surface area (Å²) in [4.78, 5) is 0. The van der Waals surface area contributed by atoms with Crippen molar-refractivity contribution in [3.63, 3.8) is 0 Å². The van der Waals surface area contributed by atoms with Crippen LogP contribution in [0.15, 0.2) is 28.7 Å². The average Bonchev–Trinajstić information content (AvgIpc) is 2.79. The van der Waals surface area contributed by atoms with Gasteiger partial charge in [0.05, 0.1) is 11.7 Å². The molecule has 0 amide bonds. The first-order chi connectivity index (χ1) is 9.55. The van der Waals surface area contributed by atoms with Crippen molar-refractivity contribution in [3.05, 3.63) is 51.3 Å². The predicted molar refractivity (Wildman–Crippen MR) is 85.3 cm³/mol. The number of hydrogen-bond donors (Lipinski definition) is 2. The van der Waals surface area contributed by atoms with Crippen molar-refractivity contribution in [2.75, 3.05) is 0 Å². The van der Waals surface area contributed by atoms with Crippen LogP contribution in [0.1, 0.15) is 35.5 Å². The van der Waals surface area contributed by atoms with E-state index >= 15 is 0 Å². The highest BCUT2D eigenvalue weighted by molar-refractivity contribution is 9.10. The highest BCUT2D eigenvalue weighted by Crippen LogP contribution is 2.24. The van der Waals surface area contributed by atoms with Crippen molar-refractivity contribution in [2.24, 2.45) is 5.84 Å². The molecule has 0 bridgehead atoms. The number of hydrazine groups is 1. The summed E-state index contributed by atoms with van der Waals surface area (Å²) in [6.45, 7) is 7.07. The normalized spacial score (nSPS) is 12.7. The number of aromatic nitrogens is 2. The second-order valence-corrected chi connectivity index (χ2v) is 5.88. The van der Waals surface area contributed by atoms with E-state index < -0.39 is 0 Å². The zero-order valence-electron chi connectivity index (χ0n) is 12.2. The first-order valence-electron chi connectivity index (χ1n) is 6.80. The van der Waals surface area contributed by atoms with Crippen molar-refractivity contribution < 1.29 is 0 Å². The summed E-state index contributed by atoms with van der Waals surface area (Å²) >= 11 is 3.58. The van der Waals surface area contributed by atoms with Crippen LogP contribution < -0.4 is 11.3 Å². The highest BCUT2D eigenvalue weighted by atomic mass is 79.9. The molecule has 1 unspecified atom stereocenters. The average molecular weight is 337 g/mol. The molecule has 1 aromatic carbocycles. The minimum absolute atomic E-state index is 0.0771. The largest absolute Gasteiger partial charge is 0.271 e. The highest BCUT2D eigenvalue weighted by Gasteiger charge is 2.15. The fourth-order valence-electron chi connectivity index (χ4n) is 2.35. The lowest BCUT2D eigenvalue weighted by atomic mass is 10.0. The summed E-state index contributed by atoms with van der Waals surface area (Å²) in [5.41, 5.74) is 7.55. The van der Waals surface area contributed by atoms with E-state index in [4.69, 9.17) is 5.84 Å². The number of nitrogens with two attached hydrogens (primary N) is 1. The molecule has 0 radical (unpaired) electrons. The van der Waals surface area contributed by atoms with Crippen LogP contribution in [0.5, 0.6) is 0 Å². The Morgan fingerprint density at radius 1 is 1.35 bits per heavy atom. The molecule has 2 aromatic rings. The third-order valence-electron chi connectivity index (χ3n) is 3.50. The molecule has 20 heavy (non-hydrogen) atoms. The maximum atomic E-state index is 5.74. The Labute approximate surface area is 128 Å². The van der Waals surface area contributed by atoms with E-state index in [9.17, 15) is 0 Å². The summed E-state index contributed by atoms with van der Waals surface area (Å²) < 4.78 is 3.14. The maximum absolute atomic E-state index is 5.74. The second kappa shape index (κ2) is 6.52. The van der Waals surface area contributed by atoms with Crippen molar-refractivity contribution in [1.82, 2.24) is 15.2 Å². The van der Waals surface area contributed by atoms with Gasteiger partial charge in [-0.25, -0.2) is 0 Å². The van der Waals surface area contributed by atoms with Gasteiger partial charge in [-0.15, -0.1) is 0 Å². The summed E-state index contributed by atoms with van der Waals surface area (Å²) in [7, 11) is 0. The Kier molecular flexibility index (Phi) is 4.96. The van der Waals surface area contributed by atoms with E-state index in [1.165, 1.54) is 16.8 Å². The minimum atomic E-state index is 0.0771. The molecule has 2 rings (SSSR count). The zero-order valence-corrected chi connectivity index (χ0v) is 13.7. The fourth-order valence-corrected chi connectivity index (χ4v) is 2.74. The van der Waals surface area contributed by atoms with E-state index in [0.717, 1.165) is 23.1 Å². The summed E-state index contributed by atoms with van der Waals surface area (Å²) in [5.74, 6) is 5.74. The molecular weight excluding hydrogens is 316 g/mol. The fraction of sp³-hybridized carbons (Fsp3) is 0.400. The first-order valence-corrected chi connectivity index (χ1v) is 7.60. The minimum Gasteiger partial charge on any atom is -0.271 e. The van der Waals surface area contributed by atoms with Gasteiger partial charge in [-0.05, 0) is 44.0 Å². The van der Waals surface area contributed by atoms with Crippen molar-refractivity contribution in [2.45, 2.75) is 39.8 Å². The molecule has 0 aliphatic rings. The standard InChI is InChI=1S/C15H21BrN4/c1-4-20-13(7-11(3)19-20)9-15(18-17)12-6-5-10(2)14(16)8-12/h5-8,15,18H,4,9,17H2,1-3H3. The molecule has 0 spiro atoms. The zero-order chi connectivity index (χ0) is 14.7. The molecular formula is C15H21BrN4. The third kappa shape index (κ3) is 3.29. The van der Waals surface area contributed by atoms with Crippen LogP contribution in [0.25, 0.3) is 0 Å². The smallest absolute Gasteiger partial charge is 0.0596 e. The van der Waals surface area contributed by atoms with Gasteiger partial charge in [-0.3, -0.25) is 16.0 Å². The van der Waals surface area contributed by atoms with E-state index in [0.29, 0.717) is 0 Å². The maximum Gasteiger partial charge on any atom is 0.0596 e. The van der Waals surface area contributed by atoms with Gasteiger partial charge >= 0.3 is 0 Å². The predicted octanol–water partition coefficient (Wildman–Crippen LogP) is 3.03. The lowest BCUT2D eigenvalue weighted by Gasteiger charge is -2.17. The topological polar surface area (TPSA) is 55.9 Å². The monoisotopic (exact) mass is 336 g/mol. The molecule has 0 saturated heterocycles. The van der Waals surface area contributed by atoms with Crippen LogP contribution >= 0.6 is 15.9 Å². The van der Waals surface area contributed by atoms with Gasteiger partial charge in [0.15, 0.2) is 0 Å². The quantitative estimate of drug-likeness (QED) is 0.651. The summed E-state index contributed by atoms with van der Waals surface area (Å²) in [5, 5.41) is 4.48. The number of aryl methyl sites for hydroxylation is 3. The number of nitrogens with one attached hydrogen (secondary N) is 1. The van der Waals surface area contributed by atoms with Gasteiger partial charge in [0, 0.05) is 23.1 Å². The Bertz CT molecular complexity index is 592. The molecule has 0 saturated carbocycles. The lowest BCUT2D eigenvalue weighted by Crippen LogP contribution is -2.30. The SMILES string of the molecule is CCn1nc(C)cc1CC(NN)c1ccc(C)c(Br)c1. The third-order valence-corrected chi connectivity index (χ3v) is 4.35. The number of benzene rings is 1. The summed E-state index contributed by atoms with van der Waals surface area (Å²) in [6.07, 6.45) is 0.820. The summed E-state index contributed by atoms with van der Waals surface area (Å²) in [6, 6.07) is 8.54. The molecule has 1 atom stereocenters. The van der Waals surface area contributed by atoms with Gasteiger partial charge < -0.3 is 0 Å². The van der Waals surface area contributed by atoms with Crippen LogP contribution in [0.4, 0.5) is 0 Å². The van der Waals surface area contributed by atoms with Gasteiger partial charge in [0.2, 0.25) is 0 Å². The molecule has 1 aromatic heterocycles. The number of rotatable bonds is 5. The van der Waals surface area contributed by atoms with Crippen LogP contribution in [-0.2, 0) is 13.0 Å². The van der Waals surface area contributed by atoms with Crippen molar-refractivity contribution in [1.29, 1.82) is 0 Å². The number of nitrogens with zero attached hydrogens (tertiary/aromatic N) is 2. The van der Waals surface area contributed by atoms with E-state index in [-0.39, 0.29) is 6.04 Å². The van der Waals surface area contributed by atoms with Crippen LogP contribution in [-0.4, -0.2) is 9.78 Å². The Balaban J connectivity index is 2.26. The molecule has 4 nitrogen and oxygen atoms in total. The van der Waals surface area contributed by atoms with E-state index in [2.05, 4.69) is 64.6 Å². The molecule has 5 heteroatoms. The van der Waals surface area contributed by atoms with Gasteiger partial charge in [-0.1, -0.05) is 28.1 Å². The molecule has 1 heterocycles. The number of halogens is 1. The van der Waals surface area contributed by atoms with Crippen molar-refractivity contribution in [3.8, 4) is 0 Å². The van der Waals surface area contributed by atoms with E-state index in [1.54, 1.807) is 0 Å². The first kappa shape index (κ1) is 15.2. The van der Waals surface area contributed by atoms with Gasteiger partial charge in [-0.2, -0.15) is 5.10 Å². The van der Waals surface area contributed by atoms with E-state index in [1.807, 2.05) is 11.6 Å². The van der Waals surface area contributed by atoms with Crippen LogP contribution in [0.2, 0.25) is 0 Å². The molecule has 3 N–H and O–H groups in total. The molecule has 0 aliphatic carbocycles. The van der Waals surface area contributed by atoms with Crippen LogP contribution in [0.3, 0.4) is 0 Å². The second-order valence-electron chi connectivity index (χ2n) is 5.02. The van der Waals surface area contributed by atoms with Crippen molar-refractivity contribution >= 4 is 15.9 Å². The van der Waals surface area contributed by atoms with Gasteiger partial charge in [0.1, 0.15) is 0 Å². The molecule has 108 valence electrons. The Morgan fingerprint density at radius 3 is 2.70 bits per heavy atom. The molecule has 0 fully saturated rings. The van der Waals surface area contributed by atoms with Crippen LogP contribution in [0, 0.1) is 13.8 Å². The Hall–Kier alpha value is -1.17. The number of hydrogen-bond acceptors (Lipinski definition) is 3. The Morgan fingerprint density at radius 2 is 2.10 bits per heavy atom. The molecule has 0 aliphatic heterocycles. The van der Waals surface area contributed by atoms with Gasteiger partial charge in [0.25, 0.3) is 0 Å². The lowest BCUT2D eigenvalue weighted by molar-refractivity contribution is 0.516.